The third-order valence-electron chi connectivity index (χ3n) is 5.41. The average Bonchev–Trinajstić information content (AvgIpc) is 3.23. The number of hydrogen-bond acceptors (Lipinski definition) is 5. The van der Waals surface area contributed by atoms with Crippen molar-refractivity contribution in [2.75, 3.05) is 24.5 Å². The Hall–Kier alpha value is -2.73. The summed E-state index contributed by atoms with van der Waals surface area (Å²) in [7, 11) is 0. The van der Waals surface area contributed by atoms with Crippen molar-refractivity contribution < 1.29 is 4.79 Å². The first-order chi connectivity index (χ1) is 14.2. The van der Waals surface area contributed by atoms with Gasteiger partial charge in [-0.25, -0.2) is 4.98 Å². The summed E-state index contributed by atoms with van der Waals surface area (Å²) >= 11 is 1.49. The summed E-state index contributed by atoms with van der Waals surface area (Å²) in [4.78, 5) is 19.3. The van der Waals surface area contributed by atoms with Crippen molar-refractivity contribution in [2.24, 2.45) is 5.92 Å². The van der Waals surface area contributed by atoms with Crippen LogP contribution < -0.4 is 10.2 Å². The molecule has 0 unspecified atom stereocenters. The minimum Gasteiger partial charge on any atom is -0.352 e. The van der Waals surface area contributed by atoms with Crippen molar-refractivity contribution >= 4 is 22.6 Å². The van der Waals surface area contributed by atoms with Gasteiger partial charge in [0.1, 0.15) is 5.82 Å². The Morgan fingerprint density at radius 2 is 1.83 bits per heavy atom. The average molecular weight is 407 g/mol. The largest absolute Gasteiger partial charge is 0.352 e. The highest BCUT2D eigenvalue weighted by atomic mass is 32.1. The standard InChI is InChI=1S/C23H26N4OS/c1-17-7-9-18(10-8-17)15-21-25-23(29-26-21)27-13-11-19(12-14-27)16-24-22(28)20-5-3-2-4-6-20/h2-10,19H,11-16H2,1H3,(H,24,28). The Kier molecular flexibility index (Phi) is 6.20. The second-order valence-corrected chi connectivity index (χ2v) is 8.39. The van der Waals surface area contributed by atoms with Crippen LogP contribution in [0.15, 0.2) is 54.6 Å². The normalized spacial score (nSPS) is 14.7. The van der Waals surface area contributed by atoms with Crippen LogP contribution in [-0.4, -0.2) is 34.9 Å². The second kappa shape index (κ2) is 9.18. The number of hydrogen-bond donors (Lipinski definition) is 1. The van der Waals surface area contributed by atoms with Gasteiger partial charge < -0.3 is 10.2 Å². The van der Waals surface area contributed by atoms with Crippen molar-refractivity contribution in [1.29, 1.82) is 0 Å². The van der Waals surface area contributed by atoms with Gasteiger partial charge >= 0.3 is 0 Å². The summed E-state index contributed by atoms with van der Waals surface area (Å²) < 4.78 is 4.55. The van der Waals surface area contributed by atoms with E-state index < -0.39 is 0 Å². The van der Waals surface area contributed by atoms with Gasteiger partial charge in [0.2, 0.25) is 5.13 Å². The molecule has 1 fully saturated rings. The molecule has 1 aromatic heterocycles. The van der Waals surface area contributed by atoms with Gasteiger partial charge in [-0.15, -0.1) is 0 Å². The zero-order chi connectivity index (χ0) is 20.1. The molecule has 0 spiro atoms. The van der Waals surface area contributed by atoms with Crippen LogP contribution in [0, 0.1) is 12.8 Å². The SMILES string of the molecule is Cc1ccc(Cc2nsc(N3CCC(CNC(=O)c4ccccc4)CC3)n2)cc1. The second-order valence-electron chi connectivity index (χ2n) is 7.66. The molecular weight excluding hydrogens is 380 g/mol. The number of anilines is 1. The van der Waals surface area contributed by atoms with Crippen LogP contribution in [0.3, 0.4) is 0 Å². The van der Waals surface area contributed by atoms with Crippen LogP contribution in [-0.2, 0) is 6.42 Å². The van der Waals surface area contributed by atoms with Gasteiger partial charge in [0.15, 0.2) is 0 Å². The zero-order valence-electron chi connectivity index (χ0n) is 16.7. The molecule has 2 aromatic carbocycles. The number of rotatable bonds is 6. The molecule has 3 aromatic rings. The number of aryl methyl sites for hydroxylation is 1. The molecule has 1 aliphatic rings. The van der Waals surface area contributed by atoms with E-state index in [1.54, 1.807) is 0 Å². The van der Waals surface area contributed by atoms with E-state index >= 15 is 0 Å². The predicted molar refractivity (Wildman–Crippen MR) is 118 cm³/mol. The van der Waals surface area contributed by atoms with E-state index in [-0.39, 0.29) is 5.91 Å². The number of benzene rings is 2. The monoisotopic (exact) mass is 406 g/mol. The number of carbonyl (C=O) groups is 1. The van der Waals surface area contributed by atoms with E-state index in [2.05, 4.69) is 45.8 Å². The van der Waals surface area contributed by atoms with E-state index in [0.717, 1.165) is 55.4 Å². The predicted octanol–water partition coefficient (Wildman–Crippen LogP) is 4.08. The maximum absolute atomic E-state index is 12.2. The molecule has 1 amide bonds. The topological polar surface area (TPSA) is 58.1 Å². The van der Waals surface area contributed by atoms with Crippen molar-refractivity contribution in [2.45, 2.75) is 26.2 Å². The fourth-order valence-corrected chi connectivity index (χ4v) is 4.33. The van der Waals surface area contributed by atoms with E-state index in [9.17, 15) is 4.79 Å². The maximum atomic E-state index is 12.2. The lowest BCUT2D eigenvalue weighted by Crippen LogP contribution is -2.38. The van der Waals surface area contributed by atoms with Crippen molar-refractivity contribution in [3.63, 3.8) is 0 Å². The molecule has 1 saturated heterocycles. The van der Waals surface area contributed by atoms with Crippen LogP contribution in [0.4, 0.5) is 5.13 Å². The highest BCUT2D eigenvalue weighted by Gasteiger charge is 2.22. The molecule has 0 aliphatic carbocycles. The molecule has 1 N–H and O–H groups in total. The summed E-state index contributed by atoms with van der Waals surface area (Å²) in [6, 6.07) is 17.9. The Bertz CT molecular complexity index is 931. The highest BCUT2D eigenvalue weighted by molar-refractivity contribution is 7.09. The van der Waals surface area contributed by atoms with Crippen molar-refractivity contribution in [3.05, 3.63) is 77.1 Å². The van der Waals surface area contributed by atoms with Crippen molar-refractivity contribution in [1.82, 2.24) is 14.7 Å². The molecule has 0 saturated carbocycles. The molecule has 2 heterocycles. The van der Waals surface area contributed by atoms with Crippen LogP contribution in [0.2, 0.25) is 0 Å². The molecule has 150 valence electrons. The number of amides is 1. The highest BCUT2D eigenvalue weighted by Crippen LogP contribution is 2.25. The molecule has 1 aliphatic heterocycles. The number of aromatic nitrogens is 2. The molecule has 6 heteroatoms. The van der Waals surface area contributed by atoms with E-state index in [0.29, 0.717) is 5.92 Å². The van der Waals surface area contributed by atoms with Gasteiger partial charge in [-0.3, -0.25) is 4.79 Å². The van der Waals surface area contributed by atoms with E-state index in [1.165, 1.54) is 22.7 Å². The Balaban J connectivity index is 1.25. The summed E-state index contributed by atoms with van der Waals surface area (Å²) in [5.74, 6) is 1.42. The molecule has 0 atom stereocenters. The quantitative estimate of drug-likeness (QED) is 0.670. The Morgan fingerprint density at radius 1 is 1.10 bits per heavy atom. The molecule has 0 radical (unpaired) electrons. The lowest BCUT2D eigenvalue weighted by Gasteiger charge is -2.31. The summed E-state index contributed by atoms with van der Waals surface area (Å²) in [6.07, 6.45) is 2.89. The van der Waals surface area contributed by atoms with Gasteiger partial charge in [-0.1, -0.05) is 48.0 Å². The smallest absolute Gasteiger partial charge is 0.251 e. The molecule has 0 bridgehead atoms. The molecule has 4 rings (SSSR count). The minimum atomic E-state index is 0.0119. The fourth-order valence-electron chi connectivity index (χ4n) is 3.59. The van der Waals surface area contributed by atoms with Gasteiger partial charge in [0.25, 0.3) is 5.91 Å². The molecule has 5 nitrogen and oxygen atoms in total. The Morgan fingerprint density at radius 3 is 2.55 bits per heavy atom. The van der Waals surface area contributed by atoms with Crippen molar-refractivity contribution in [3.8, 4) is 0 Å². The van der Waals surface area contributed by atoms with Crippen LogP contribution >= 0.6 is 11.5 Å². The third-order valence-corrected chi connectivity index (χ3v) is 6.23. The van der Waals surface area contributed by atoms with Gasteiger partial charge in [-0.2, -0.15) is 4.37 Å². The fraction of sp³-hybridized carbons (Fsp3) is 0.348. The molecular formula is C23H26N4OS. The number of piperidine rings is 1. The first kappa shape index (κ1) is 19.6. The zero-order valence-corrected chi connectivity index (χ0v) is 17.5. The van der Waals surface area contributed by atoms with Crippen LogP contribution in [0.25, 0.3) is 0 Å². The van der Waals surface area contributed by atoms with Gasteiger partial charge in [-0.05, 0) is 43.4 Å². The third kappa shape index (κ3) is 5.21. The summed E-state index contributed by atoms with van der Waals surface area (Å²) in [5, 5.41) is 4.09. The first-order valence-electron chi connectivity index (χ1n) is 10.1. The lowest BCUT2D eigenvalue weighted by atomic mass is 9.97. The lowest BCUT2D eigenvalue weighted by molar-refractivity contribution is 0.0945. The van der Waals surface area contributed by atoms with E-state index in [4.69, 9.17) is 4.98 Å². The number of carbonyl (C=O) groups excluding carboxylic acids is 1. The number of nitrogens with one attached hydrogen (secondary N) is 1. The minimum absolute atomic E-state index is 0.0119. The molecule has 29 heavy (non-hydrogen) atoms. The summed E-state index contributed by atoms with van der Waals surface area (Å²) in [6.45, 7) is 4.76. The summed E-state index contributed by atoms with van der Waals surface area (Å²) in [5.41, 5.74) is 3.23. The first-order valence-corrected chi connectivity index (χ1v) is 10.9. The van der Waals surface area contributed by atoms with E-state index in [1.807, 2.05) is 30.3 Å². The number of nitrogens with zero attached hydrogens (tertiary/aromatic N) is 3. The van der Waals surface area contributed by atoms with Crippen LogP contribution in [0.5, 0.6) is 0 Å². The van der Waals surface area contributed by atoms with Gasteiger partial charge in [0, 0.05) is 43.2 Å². The maximum Gasteiger partial charge on any atom is 0.251 e. The Labute approximate surface area is 176 Å². The van der Waals surface area contributed by atoms with Gasteiger partial charge in [0.05, 0.1) is 0 Å². The van der Waals surface area contributed by atoms with Crippen LogP contribution in [0.1, 0.15) is 40.2 Å².